The first-order chi connectivity index (χ1) is 16.6. The molecule has 0 spiro atoms. The van der Waals surface area contributed by atoms with E-state index in [1.54, 1.807) is 0 Å². The summed E-state index contributed by atoms with van der Waals surface area (Å²) in [7, 11) is 0. The molecule has 34 heavy (non-hydrogen) atoms. The number of carbonyl (C=O) groups is 1. The number of nitrogens with zero attached hydrogens (tertiary/aromatic N) is 2. The maximum absolute atomic E-state index is 14.3. The molecule has 0 bridgehead atoms. The van der Waals surface area contributed by atoms with Gasteiger partial charge in [-0.25, -0.2) is 4.79 Å². The van der Waals surface area contributed by atoms with Gasteiger partial charge in [-0.2, -0.15) is 0 Å². The highest BCUT2D eigenvalue weighted by Crippen LogP contribution is 2.55. The van der Waals surface area contributed by atoms with E-state index in [0.29, 0.717) is 5.75 Å². The van der Waals surface area contributed by atoms with Gasteiger partial charge in [-0.15, -0.1) is 0 Å². The molecule has 3 heterocycles. The van der Waals surface area contributed by atoms with Gasteiger partial charge in [-0.05, 0) is 45.9 Å². The number of rotatable bonds is 4. The second-order valence-electron chi connectivity index (χ2n) is 9.08. The molecule has 6 rings (SSSR count). The molecule has 0 saturated carbocycles. The fraction of sp³-hybridized carbons (Fsp3) is 0.233. The monoisotopic (exact) mass is 448 g/mol. The molecule has 0 N–H and O–H groups in total. The maximum Gasteiger partial charge on any atom is 0.331 e. The Bertz CT molecular complexity index is 1510. The van der Waals surface area contributed by atoms with Gasteiger partial charge in [-0.3, -0.25) is 0 Å². The van der Waals surface area contributed by atoms with Crippen LogP contribution in [0.1, 0.15) is 41.9 Å². The molecule has 170 valence electrons. The molecule has 4 heteroatoms. The third-order valence-corrected chi connectivity index (χ3v) is 7.64. The number of carbonyl (C=O) groups excluding carboxylic acids is 1. The number of ether oxygens (including phenoxy) is 1. The lowest BCUT2D eigenvalue weighted by Gasteiger charge is -2.29. The average Bonchev–Trinajstić information content (AvgIpc) is 3.42. The van der Waals surface area contributed by atoms with E-state index in [4.69, 9.17) is 4.74 Å². The molecule has 0 atom stereocenters. The predicted octanol–water partition coefficient (Wildman–Crippen LogP) is 6.51. The van der Waals surface area contributed by atoms with E-state index in [2.05, 4.69) is 91.4 Å². The second-order valence-corrected chi connectivity index (χ2v) is 9.08. The van der Waals surface area contributed by atoms with Crippen molar-refractivity contribution in [2.75, 3.05) is 0 Å². The Balaban J connectivity index is 1.88. The van der Waals surface area contributed by atoms with Crippen molar-refractivity contribution >= 4 is 27.8 Å². The SMILES string of the molecule is CCn1c(C)c(C2(c3c(C)n(CC)c4ccccc34)C(=O)Oc3ccccc32)c2ccccc21. The predicted molar refractivity (Wildman–Crippen MR) is 137 cm³/mol. The van der Waals surface area contributed by atoms with Gasteiger partial charge in [0.2, 0.25) is 0 Å². The zero-order valence-corrected chi connectivity index (χ0v) is 20.1. The molecule has 0 aliphatic carbocycles. The van der Waals surface area contributed by atoms with Gasteiger partial charge >= 0.3 is 5.97 Å². The number of hydrogen-bond donors (Lipinski definition) is 0. The average molecular weight is 449 g/mol. The van der Waals surface area contributed by atoms with Crippen LogP contribution >= 0.6 is 0 Å². The summed E-state index contributed by atoms with van der Waals surface area (Å²) in [5.41, 5.74) is 6.42. The Kier molecular flexibility index (Phi) is 4.50. The highest BCUT2D eigenvalue weighted by atomic mass is 16.5. The van der Waals surface area contributed by atoms with Crippen LogP contribution < -0.4 is 4.74 Å². The fourth-order valence-electron chi connectivity index (χ4n) is 6.37. The first-order valence-electron chi connectivity index (χ1n) is 12.0. The maximum atomic E-state index is 14.3. The van der Waals surface area contributed by atoms with E-state index in [0.717, 1.165) is 63.0 Å². The first kappa shape index (κ1) is 20.8. The lowest BCUT2D eigenvalue weighted by Crippen LogP contribution is -2.37. The van der Waals surface area contributed by atoms with Crippen LogP contribution in [0.15, 0.2) is 72.8 Å². The molecule has 0 saturated heterocycles. The van der Waals surface area contributed by atoms with Crippen molar-refractivity contribution in [2.45, 2.75) is 46.2 Å². The van der Waals surface area contributed by atoms with Gasteiger partial charge < -0.3 is 13.9 Å². The van der Waals surface area contributed by atoms with Crippen molar-refractivity contribution in [1.82, 2.24) is 9.13 Å². The normalized spacial score (nSPS) is 14.6. The summed E-state index contributed by atoms with van der Waals surface area (Å²) in [5.74, 6) is 0.422. The van der Waals surface area contributed by atoms with Crippen LogP contribution in [0, 0.1) is 13.8 Å². The molecule has 3 aromatic carbocycles. The van der Waals surface area contributed by atoms with Crippen molar-refractivity contribution in [3.63, 3.8) is 0 Å². The van der Waals surface area contributed by atoms with Gasteiger partial charge in [0.05, 0.1) is 0 Å². The quantitative estimate of drug-likeness (QED) is 0.232. The number of benzene rings is 3. The third kappa shape index (κ3) is 2.40. The molecule has 1 aliphatic rings. The van der Waals surface area contributed by atoms with Crippen LogP contribution in [-0.4, -0.2) is 15.1 Å². The summed E-state index contributed by atoms with van der Waals surface area (Å²) in [4.78, 5) is 14.3. The van der Waals surface area contributed by atoms with E-state index in [9.17, 15) is 4.79 Å². The van der Waals surface area contributed by atoms with Gasteiger partial charge in [0.1, 0.15) is 5.75 Å². The van der Waals surface area contributed by atoms with Crippen molar-refractivity contribution in [1.29, 1.82) is 0 Å². The standard InChI is InChI=1S/C30H28N2O2/c1-5-31-19(3)27(21-13-7-10-16-24(21)31)30(23-15-9-12-18-26(23)34-29(30)33)28-20(4)32(6-2)25-17-11-8-14-22(25)28/h7-18H,5-6H2,1-4H3. The summed E-state index contributed by atoms with van der Waals surface area (Å²) in [6, 6.07) is 24.8. The molecule has 2 aromatic heterocycles. The van der Waals surface area contributed by atoms with Crippen LogP contribution in [0.4, 0.5) is 0 Å². The summed E-state index contributed by atoms with van der Waals surface area (Å²) in [6.07, 6.45) is 0. The Labute approximate surface area is 199 Å². The van der Waals surface area contributed by atoms with Crippen LogP contribution in [0.5, 0.6) is 5.75 Å². The van der Waals surface area contributed by atoms with Gasteiger partial charge in [0.15, 0.2) is 5.41 Å². The summed E-state index contributed by atoms with van der Waals surface area (Å²) >= 11 is 0. The van der Waals surface area contributed by atoms with E-state index in [-0.39, 0.29) is 5.97 Å². The van der Waals surface area contributed by atoms with E-state index < -0.39 is 5.41 Å². The zero-order chi connectivity index (χ0) is 23.6. The first-order valence-corrected chi connectivity index (χ1v) is 12.0. The van der Waals surface area contributed by atoms with E-state index in [1.807, 2.05) is 18.2 Å². The van der Waals surface area contributed by atoms with Crippen molar-refractivity contribution in [3.8, 4) is 5.75 Å². The molecule has 5 aromatic rings. The number of para-hydroxylation sites is 3. The Hall–Kier alpha value is -3.79. The number of fused-ring (bicyclic) bond motifs is 3. The summed E-state index contributed by atoms with van der Waals surface area (Å²) in [5, 5.41) is 2.20. The van der Waals surface area contributed by atoms with Crippen LogP contribution in [0.3, 0.4) is 0 Å². The minimum Gasteiger partial charge on any atom is -0.425 e. The minimum absolute atomic E-state index is 0.224. The number of aryl methyl sites for hydroxylation is 2. The van der Waals surface area contributed by atoms with Gasteiger partial charge in [0, 0.05) is 63.0 Å². The molecule has 0 fully saturated rings. The van der Waals surface area contributed by atoms with E-state index >= 15 is 0 Å². The summed E-state index contributed by atoms with van der Waals surface area (Å²) < 4.78 is 10.7. The van der Waals surface area contributed by atoms with Crippen LogP contribution in [0.25, 0.3) is 21.8 Å². The molecule has 0 radical (unpaired) electrons. The van der Waals surface area contributed by atoms with Crippen LogP contribution in [0.2, 0.25) is 0 Å². The second kappa shape index (κ2) is 7.36. The minimum atomic E-state index is -1.05. The number of hydrogen-bond acceptors (Lipinski definition) is 2. The zero-order valence-electron chi connectivity index (χ0n) is 20.1. The smallest absolute Gasteiger partial charge is 0.331 e. The topological polar surface area (TPSA) is 36.2 Å². The van der Waals surface area contributed by atoms with Crippen LogP contribution in [-0.2, 0) is 23.3 Å². The Morgan fingerprint density at radius 3 is 1.71 bits per heavy atom. The molecular formula is C30H28N2O2. The fourth-order valence-corrected chi connectivity index (χ4v) is 6.37. The number of aromatic nitrogens is 2. The molecule has 1 aliphatic heterocycles. The number of esters is 1. The van der Waals surface area contributed by atoms with Crippen molar-refractivity contribution in [2.24, 2.45) is 0 Å². The molecular weight excluding hydrogens is 420 g/mol. The molecule has 0 amide bonds. The van der Waals surface area contributed by atoms with E-state index in [1.165, 1.54) is 0 Å². The Morgan fingerprint density at radius 1 is 0.706 bits per heavy atom. The lowest BCUT2D eigenvalue weighted by molar-refractivity contribution is -0.135. The highest BCUT2D eigenvalue weighted by molar-refractivity contribution is 6.07. The van der Waals surface area contributed by atoms with Gasteiger partial charge in [0.25, 0.3) is 0 Å². The largest absolute Gasteiger partial charge is 0.425 e. The summed E-state index contributed by atoms with van der Waals surface area (Å²) in [6.45, 7) is 10.3. The van der Waals surface area contributed by atoms with Gasteiger partial charge in [-0.1, -0.05) is 54.6 Å². The third-order valence-electron chi connectivity index (χ3n) is 7.64. The highest BCUT2D eigenvalue weighted by Gasteiger charge is 2.56. The molecule has 4 nitrogen and oxygen atoms in total. The Morgan fingerprint density at radius 2 is 1.18 bits per heavy atom. The molecule has 0 unspecified atom stereocenters. The van der Waals surface area contributed by atoms with Crippen molar-refractivity contribution in [3.05, 3.63) is 101 Å². The van der Waals surface area contributed by atoms with Crippen molar-refractivity contribution < 1.29 is 9.53 Å². The lowest BCUT2D eigenvalue weighted by atomic mass is 9.68.